The summed E-state index contributed by atoms with van der Waals surface area (Å²) in [5, 5.41) is 3.71. The van der Waals surface area contributed by atoms with Crippen molar-refractivity contribution in [2.24, 2.45) is 5.92 Å². The first kappa shape index (κ1) is 16.5. The van der Waals surface area contributed by atoms with Gasteiger partial charge < -0.3 is 10.2 Å². The normalized spacial score (nSPS) is 19.4. The Labute approximate surface area is 130 Å². The molecular formula is C19H32N2. The van der Waals surface area contributed by atoms with Gasteiger partial charge in [-0.05, 0) is 75.9 Å². The molecule has 0 amide bonds. The molecule has 0 radical (unpaired) electrons. The fourth-order valence-corrected chi connectivity index (χ4v) is 3.18. The van der Waals surface area contributed by atoms with Crippen LogP contribution < -0.4 is 5.32 Å². The van der Waals surface area contributed by atoms with Crippen LogP contribution in [0.5, 0.6) is 0 Å². The topological polar surface area (TPSA) is 15.3 Å². The Balaban J connectivity index is 1.77. The lowest BCUT2D eigenvalue weighted by Crippen LogP contribution is -2.37. The second-order valence-corrected chi connectivity index (χ2v) is 6.94. The Hall–Kier alpha value is -0.860. The van der Waals surface area contributed by atoms with E-state index in [2.05, 4.69) is 56.1 Å². The minimum Gasteiger partial charge on any atom is -0.310 e. The molecule has 1 fully saturated rings. The third-order valence-corrected chi connectivity index (χ3v) is 4.82. The molecule has 118 valence electrons. The van der Waals surface area contributed by atoms with Gasteiger partial charge in [-0.15, -0.1) is 0 Å². The zero-order valence-electron chi connectivity index (χ0n) is 14.3. The second kappa shape index (κ2) is 7.95. The van der Waals surface area contributed by atoms with Crippen LogP contribution in [0.25, 0.3) is 0 Å². The summed E-state index contributed by atoms with van der Waals surface area (Å²) in [6, 6.07) is 7.26. The molecular weight excluding hydrogens is 256 g/mol. The fraction of sp³-hybridized carbons (Fsp3) is 0.684. The largest absolute Gasteiger partial charge is 0.310 e. The highest BCUT2D eigenvalue weighted by Crippen LogP contribution is 2.17. The van der Waals surface area contributed by atoms with Crippen molar-refractivity contribution in [3.05, 3.63) is 34.9 Å². The summed E-state index contributed by atoms with van der Waals surface area (Å²) in [6.07, 6.45) is 4.20. The van der Waals surface area contributed by atoms with Crippen LogP contribution in [0.15, 0.2) is 18.2 Å². The van der Waals surface area contributed by atoms with Gasteiger partial charge in [-0.25, -0.2) is 0 Å². The molecule has 0 saturated carbocycles. The van der Waals surface area contributed by atoms with Gasteiger partial charge in [-0.3, -0.25) is 0 Å². The van der Waals surface area contributed by atoms with Crippen LogP contribution in [0.2, 0.25) is 0 Å². The molecule has 1 heterocycles. The maximum absolute atomic E-state index is 3.71. The van der Waals surface area contributed by atoms with Gasteiger partial charge in [-0.1, -0.05) is 31.5 Å². The maximum atomic E-state index is 3.71. The van der Waals surface area contributed by atoms with Gasteiger partial charge in [-0.2, -0.15) is 0 Å². The van der Waals surface area contributed by atoms with Crippen LogP contribution >= 0.6 is 0 Å². The van der Waals surface area contributed by atoms with Crippen molar-refractivity contribution in [3.63, 3.8) is 0 Å². The van der Waals surface area contributed by atoms with Gasteiger partial charge in [0.25, 0.3) is 0 Å². The number of nitrogens with zero attached hydrogens (tertiary/aromatic N) is 1. The molecule has 1 aromatic rings. The van der Waals surface area contributed by atoms with Gasteiger partial charge in [0.2, 0.25) is 0 Å². The number of piperidine rings is 1. The van der Waals surface area contributed by atoms with Crippen LogP contribution in [0.3, 0.4) is 0 Å². The predicted octanol–water partition coefficient (Wildman–Crippen LogP) is 4.08. The predicted molar refractivity (Wildman–Crippen MR) is 91.8 cm³/mol. The average Bonchev–Trinajstić information content (AvgIpc) is 2.48. The maximum Gasteiger partial charge on any atom is 0.0292 e. The molecule has 2 atom stereocenters. The van der Waals surface area contributed by atoms with E-state index in [9.17, 15) is 0 Å². The number of hydrogen-bond acceptors (Lipinski definition) is 2. The quantitative estimate of drug-likeness (QED) is 0.848. The number of rotatable bonds is 6. The lowest BCUT2D eigenvalue weighted by molar-refractivity contribution is 0.197. The Bertz CT molecular complexity index is 435. The van der Waals surface area contributed by atoms with E-state index >= 15 is 0 Å². The van der Waals surface area contributed by atoms with Crippen LogP contribution in [0.1, 0.15) is 55.8 Å². The van der Waals surface area contributed by atoms with E-state index < -0.39 is 0 Å². The van der Waals surface area contributed by atoms with Gasteiger partial charge in [0, 0.05) is 12.6 Å². The lowest BCUT2D eigenvalue weighted by Gasteiger charge is -2.29. The monoisotopic (exact) mass is 288 g/mol. The second-order valence-electron chi connectivity index (χ2n) is 6.94. The van der Waals surface area contributed by atoms with Crippen molar-refractivity contribution in [1.29, 1.82) is 0 Å². The number of benzene rings is 1. The smallest absolute Gasteiger partial charge is 0.0292 e. The molecule has 0 aromatic heterocycles. The highest BCUT2D eigenvalue weighted by atomic mass is 15.1. The molecule has 1 aliphatic heterocycles. The Morgan fingerprint density at radius 3 is 2.43 bits per heavy atom. The van der Waals surface area contributed by atoms with E-state index in [4.69, 9.17) is 0 Å². The van der Waals surface area contributed by atoms with Gasteiger partial charge in [0.05, 0.1) is 0 Å². The van der Waals surface area contributed by atoms with Crippen LogP contribution in [0.4, 0.5) is 0 Å². The van der Waals surface area contributed by atoms with Crippen LogP contribution in [-0.2, 0) is 0 Å². The van der Waals surface area contributed by atoms with Crippen molar-refractivity contribution in [3.8, 4) is 0 Å². The molecule has 2 unspecified atom stereocenters. The summed E-state index contributed by atoms with van der Waals surface area (Å²) in [7, 11) is 0. The van der Waals surface area contributed by atoms with Crippen molar-refractivity contribution in [2.45, 2.75) is 53.0 Å². The van der Waals surface area contributed by atoms with Gasteiger partial charge in [0.1, 0.15) is 0 Å². The molecule has 2 nitrogen and oxygen atoms in total. The van der Waals surface area contributed by atoms with Crippen molar-refractivity contribution in [1.82, 2.24) is 10.2 Å². The number of nitrogens with one attached hydrogen (secondary N) is 1. The first-order valence-corrected chi connectivity index (χ1v) is 8.59. The summed E-state index contributed by atoms with van der Waals surface area (Å²) in [5.74, 6) is 0.720. The van der Waals surface area contributed by atoms with Crippen molar-refractivity contribution < 1.29 is 0 Å². The van der Waals surface area contributed by atoms with E-state index in [1.165, 1.54) is 55.6 Å². The fourth-order valence-electron chi connectivity index (χ4n) is 3.18. The minimum atomic E-state index is 0.438. The van der Waals surface area contributed by atoms with Crippen molar-refractivity contribution >= 4 is 0 Å². The third kappa shape index (κ3) is 5.12. The summed E-state index contributed by atoms with van der Waals surface area (Å²) >= 11 is 0. The first-order chi connectivity index (χ1) is 10.1. The highest BCUT2D eigenvalue weighted by Gasteiger charge is 2.14. The van der Waals surface area contributed by atoms with Gasteiger partial charge >= 0.3 is 0 Å². The lowest BCUT2D eigenvalue weighted by atomic mass is 10.0. The van der Waals surface area contributed by atoms with E-state index in [-0.39, 0.29) is 0 Å². The van der Waals surface area contributed by atoms with E-state index in [1.54, 1.807) is 0 Å². The van der Waals surface area contributed by atoms with E-state index in [1.807, 2.05) is 0 Å². The third-order valence-electron chi connectivity index (χ3n) is 4.82. The molecule has 0 spiro atoms. The van der Waals surface area contributed by atoms with Crippen LogP contribution in [0, 0.1) is 19.8 Å². The SMILES string of the molecule is Cc1ccc(C(C)NCC(C)CN2CCCCC2)cc1C. The first-order valence-electron chi connectivity index (χ1n) is 8.59. The molecule has 1 saturated heterocycles. The molecule has 2 heteroatoms. The molecule has 0 aliphatic carbocycles. The Morgan fingerprint density at radius 2 is 1.76 bits per heavy atom. The minimum absolute atomic E-state index is 0.438. The molecule has 1 aromatic carbocycles. The average molecular weight is 288 g/mol. The summed E-state index contributed by atoms with van der Waals surface area (Å²) in [6.45, 7) is 14.0. The molecule has 21 heavy (non-hydrogen) atoms. The number of likely N-dealkylation sites (tertiary alicyclic amines) is 1. The molecule has 2 rings (SSSR count). The van der Waals surface area contributed by atoms with E-state index in [0.29, 0.717) is 6.04 Å². The summed E-state index contributed by atoms with van der Waals surface area (Å²) < 4.78 is 0. The van der Waals surface area contributed by atoms with Crippen LogP contribution in [-0.4, -0.2) is 31.1 Å². The zero-order chi connectivity index (χ0) is 15.2. The Kier molecular flexibility index (Phi) is 6.25. The highest BCUT2D eigenvalue weighted by molar-refractivity contribution is 5.31. The molecule has 1 N–H and O–H groups in total. The Morgan fingerprint density at radius 1 is 1.05 bits per heavy atom. The zero-order valence-corrected chi connectivity index (χ0v) is 14.3. The molecule has 0 bridgehead atoms. The summed E-state index contributed by atoms with van der Waals surface area (Å²) in [4.78, 5) is 2.64. The standard InChI is InChI=1S/C19H32N2/c1-15(14-21-10-6-5-7-11-21)13-20-18(4)19-9-8-16(2)17(3)12-19/h8-9,12,15,18,20H,5-7,10-11,13-14H2,1-4H3. The number of hydrogen-bond donors (Lipinski definition) is 1. The summed E-state index contributed by atoms with van der Waals surface area (Å²) in [5.41, 5.74) is 4.18. The molecule has 1 aliphatic rings. The van der Waals surface area contributed by atoms with Gasteiger partial charge in [0.15, 0.2) is 0 Å². The van der Waals surface area contributed by atoms with Crippen molar-refractivity contribution in [2.75, 3.05) is 26.2 Å². The number of aryl methyl sites for hydroxylation is 2. The van der Waals surface area contributed by atoms with E-state index in [0.717, 1.165) is 12.5 Å².